The van der Waals surface area contributed by atoms with Gasteiger partial charge in [-0.1, -0.05) is 25.1 Å². The summed E-state index contributed by atoms with van der Waals surface area (Å²) in [4.78, 5) is 25.4. The topological polar surface area (TPSA) is 114 Å². The van der Waals surface area contributed by atoms with Crippen LogP contribution >= 0.6 is 0 Å². The summed E-state index contributed by atoms with van der Waals surface area (Å²) in [6, 6.07) is 18.7. The van der Waals surface area contributed by atoms with Gasteiger partial charge in [0.1, 0.15) is 5.75 Å². The van der Waals surface area contributed by atoms with Gasteiger partial charge in [-0.15, -0.1) is 0 Å². The van der Waals surface area contributed by atoms with E-state index in [0.29, 0.717) is 22.7 Å². The lowest BCUT2D eigenvalue weighted by Gasteiger charge is -2.15. The first-order valence-corrected chi connectivity index (χ1v) is 12.2. The lowest BCUT2D eigenvalue weighted by Crippen LogP contribution is -2.32. The SMILES string of the molecule is CC[C@H](C)NC(=O)c1ccccc1NC(=O)c1cccc(S(=O)(=O)Nc2ccc(OC)cc2)c1. The zero-order valence-electron chi connectivity index (χ0n) is 19.2. The molecule has 3 aromatic carbocycles. The van der Waals surface area contributed by atoms with Gasteiger partial charge in [0.25, 0.3) is 21.8 Å². The minimum atomic E-state index is -3.93. The van der Waals surface area contributed by atoms with Crippen LogP contribution in [0.5, 0.6) is 5.75 Å². The third kappa shape index (κ3) is 6.14. The van der Waals surface area contributed by atoms with Crippen LogP contribution in [-0.4, -0.2) is 33.4 Å². The number of ether oxygens (including phenoxy) is 1. The first-order valence-electron chi connectivity index (χ1n) is 10.7. The summed E-state index contributed by atoms with van der Waals surface area (Å²) >= 11 is 0. The van der Waals surface area contributed by atoms with Gasteiger partial charge < -0.3 is 15.4 Å². The maximum Gasteiger partial charge on any atom is 0.261 e. The molecule has 178 valence electrons. The van der Waals surface area contributed by atoms with Crippen LogP contribution < -0.4 is 20.1 Å². The van der Waals surface area contributed by atoms with Gasteiger partial charge in [-0.3, -0.25) is 14.3 Å². The predicted octanol–water partition coefficient (Wildman–Crippen LogP) is 4.28. The Kier molecular flexibility index (Phi) is 7.91. The predicted molar refractivity (Wildman–Crippen MR) is 132 cm³/mol. The third-order valence-electron chi connectivity index (χ3n) is 5.16. The molecule has 3 aromatic rings. The van der Waals surface area contributed by atoms with E-state index < -0.39 is 15.9 Å². The highest BCUT2D eigenvalue weighted by Gasteiger charge is 2.19. The number of rotatable bonds is 9. The molecule has 9 heteroatoms. The van der Waals surface area contributed by atoms with Crippen LogP contribution in [-0.2, 0) is 10.0 Å². The van der Waals surface area contributed by atoms with Crippen molar-refractivity contribution >= 4 is 33.2 Å². The van der Waals surface area contributed by atoms with E-state index in [4.69, 9.17) is 4.74 Å². The van der Waals surface area contributed by atoms with Crippen LogP contribution in [0.3, 0.4) is 0 Å². The second-order valence-electron chi connectivity index (χ2n) is 7.64. The van der Waals surface area contributed by atoms with E-state index in [1.807, 2.05) is 13.8 Å². The summed E-state index contributed by atoms with van der Waals surface area (Å²) in [5, 5.41) is 5.58. The molecule has 1 atom stereocenters. The Morgan fingerprint density at radius 3 is 2.32 bits per heavy atom. The molecule has 34 heavy (non-hydrogen) atoms. The highest BCUT2D eigenvalue weighted by Crippen LogP contribution is 2.21. The quantitative estimate of drug-likeness (QED) is 0.422. The van der Waals surface area contributed by atoms with Crippen molar-refractivity contribution in [3.63, 3.8) is 0 Å². The molecule has 0 fully saturated rings. The van der Waals surface area contributed by atoms with Crippen molar-refractivity contribution in [3.05, 3.63) is 83.9 Å². The molecule has 2 amide bonds. The third-order valence-corrected chi connectivity index (χ3v) is 6.54. The number of para-hydroxylation sites is 1. The summed E-state index contributed by atoms with van der Waals surface area (Å²) in [7, 11) is -2.41. The summed E-state index contributed by atoms with van der Waals surface area (Å²) in [6.07, 6.45) is 0.770. The highest BCUT2D eigenvalue weighted by atomic mass is 32.2. The number of methoxy groups -OCH3 is 1. The van der Waals surface area contributed by atoms with Gasteiger partial charge in [-0.2, -0.15) is 0 Å². The summed E-state index contributed by atoms with van der Waals surface area (Å²) in [5.41, 5.74) is 1.14. The fraction of sp³-hybridized carbons (Fsp3) is 0.200. The second-order valence-corrected chi connectivity index (χ2v) is 9.33. The van der Waals surface area contributed by atoms with Gasteiger partial charge >= 0.3 is 0 Å². The number of sulfonamides is 1. The van der Waals surface area contributed by atoms with Crippen LogP contribution in [0.2, 0.25) is 0 Å². The van der Waals surface area contributed by atoms with Crippen LogP contribution in [0.1, 0.15) is 41.0 Å². The van der Waals surface area contributed by atoms with E-state index >= 15 is 0 Å². The molecule has 8 nitrogen and oxygen atoms in total. The Labute approximate surface area is 199 Å². The smallest absolute Gasteiger partial charge is 0.261 e. The molecule has 3 rings (SSSR count). The van der Waals surface area contributed by atoms with E-state index in [-0.39, 0.29) is 22.4 Å². The van der Waals surface area contributed by atoms with Crippen molar-refractivity contribution in [1.29, 1.82) is 0 Å². The Bertz CT molecular complexity index is 1270. The number of benzene rings is 3. The van der Waals surface area contributed by atoms with Gasteiger partial charge in [-0.25, -0.2) is 8.42 Å². The largest absolute Gasteiger partial charge is 0.497 e. The van der Waals surface area contributed by atoms with E-state index in [0.717, 1.165) is 6.42 Å². The average molecular weight is 482 g/mol. The van der Waals surface area contributed by atoms with Crippen molar-refractivity contribution in [1.82, 2.24) is 5.32 Å². The van der Waals surface area contributed by atoms with E-state index in [1.165, 1.54) is 31.4 Å². The van der Waals surface area contributed by atoms with E-state index in [1.54, 1.807) is 48.5 Å². The molecule has 3 N–H and O–H groups in total. The maximum absolute atomic E-state index is 12.9. The Morgan fingerprint density at radius 1 is 0.941 bits per heavy atom. The number of hydrogen-bond donors (Lipinski definition) is 3. The first-order chi connectivity index (χ1) is 16.2. The molecular formula is C25H27N3O5S. The van der Waals surface area contributed by atoms with Crippen molar-refractivity contribution in [2.24, 2.45) is 0 Å². The van der Waals surface area contributed by atoms with E-state index in [9.17, 15) is 18.0 Å². The monoisotopic (exact) mass is 481 g/mol. The number of amides is 2. The van der Waals surface area contributed by atoms with Crippen molar-refractivity contribution in [2.45, 2.75) is 31.2 Å². The molecule has 0 bridgehead atoms. The lowest BCUT2D eigenvalue weighted by molar-refractivity contribution is 0.0940. The van der Waals surface area contributed by atoms with Crippen molar-refractivity contribution in [2.75, 3.05) is 17.1 Å². The Morgan fingerprint density at radius 2 is 1.65 bits per heavy atom. The summed E-state index contributed by atoms with van der Waals surface area (Å²) < 4.78 is 33.2. The Hall–Kier alpha value is -3.85. The molecule has 0 aromatic heterocycles. The fourth-order valence-electron chi connectivity index (χ4n) is 3.07. The lowest BCUT2D eigenvalue weighted by atomic mass is 10.1. The second kappa shape index (κ2) is 10.8. The Balaban J connectivity index is 1.79. The number of carbonyl (C=O) groups excluding carboxylic acids is 2. The zero-order chi connectivity index (χ0) is 24.7. The van der Waals surface area contributed by atoms with Crippen LogP contribution in [0.25, 0.3) is 0 Å². The van der Waals surface area contributed by atoms with Gasteiger partial charge in [-0.05, 0) is 67.9 Å². The van der Waals surface area contributed by atoms with Gasteiger partial charge in [0.2, 0.25) is 0 Å². The fourth-order valence-corrected chi connectivity index (χ4v) is 4.17. The van der Waals surface area contributed by atoms with Crippen molar-refractivity contribution in [3.8, 4) is 5.75 Å². The maximum atomic E-state index is 12.9. The van der Waals surface area contributed by atoms with Crippen LogP contribution in [0.4, 0.5) is 11.4 Å². The number of hydrogen-bond acceptors (Lipinski definition) is 5. The molecule has 0 saturated carbocycles. The molecule has 0 unspecified atom stereocenters. The molecule has 0 saturated heterocycles. The molecule has 0 aliphatic heterocycles. The molecular weight excluding hydrogens is 454 g/mol. The van der Waals surface area contributed by atoms with Gasteiger partial charge in [0.15, 0.2) is 0 Å². The zero-order valence-corrected chi connectivity index (χ0v) is 20.0. The molecule has 0 radical (unpaired) electrons. The first kappa shape index (κ1) is 24.8. The van der Waals surface area contributed by atoms with Gasteiger partial charge in [0, 0.05) is 17.3 Å². The molecule has 0 spiro atoms. The van der Waals surface area contributed by atoms with Crippen LogP contribution in [0.15, 0.2) is 77.7 Å². The molecule has 0 heterocycles. The molecule has 0 aliphatic carbocycles. The standard InChI is InChI=1S/C25H27N3O5S/c1-4-17(2)26-25(30)22-10-5-6-11-23(22)27-24(29)18-8-7-9-21(16-18)34(31,32)28-19-12-14-20(33-3)15-13-19/h5-17,28H,4H2,1-3H3,(H,26,30)(H,27,29)/t17-/m0/s1. The van der Waals surface area contributed by atoms with Crippen molar-refractivity contribution < 1.29 is 22.7 Å². The summed E-state index contributed by atoms with van der Waals surface area (Å²) in [5.74, 6) is -0.240. The summed E-state index contributed by atoms with van der Waals surface area (Å²) in [6.45, 7) is 3.86. The average Bonchev–Trinajstić information content (AvgIpc) is 2.84. The van der Waals surface area contributed by atoms with Gasteiger partial charge in [0.05, 0.1) is 23.3 Å². The normalized spacial score (nSPS) is 11.9. The molecule has 0 aliphatic rings. The highest BCUT2D eigenvalue weighted by molar-refractivity contribution is 7.92. The number of anilines is 2. The minimum absolute atomic E-state index is 0.0173. The van der Waals surface area contributed by atoms with E-state index in [2.05, 4.69) is 15.4 Å². The minimum Gasteiger partial charge on any atom is -0.497 e. The van der Waals surface area contributed by atoms with Crippen LogP contribution in [0, 0.1) is 0 Å². The number of nitrogens with one attached hydrogen (secondary N) is 3. The number of carbonyl (C=O) groups is 2.